The molecule has 1 unspecified atom stereocenters. The number of nitrogens with two attached hydrogens (primary N) is 2. The lowest BCUT2D eigenvalue weighted by Crippen LogP contribution is -2.54. The molecule has 1 fully saturated rings. The summed E-state index contributed by atoms with van der Waals surface area (Å²) in [6, 6.07) is 0. The molecule has 2 aromatic heterocycles. The summed E-state index contributed by atoms with van der Waals surface area (Å²) in [6.45, 7) is 1.44. The third kappa shape index (κ3) is 2.10. The Labute approximate surface area is 130 Å². The van der Waals surface area contributed by atoms with Gasteiger partial charge in [-0.3, -0.25) is 14.3 Å². The molecule has 3 heterocycles. The van der Waals surface area contributed by atoms with Crippen LogP contribution in [0.5, 0.6) is 0 Å². The molecule has 5 atom stereocenters. The van der Waals surface area contributed by atoms with E-state index >= 15 is 0 Å². The molecular formula is C13H16N6O4. The average molecular weight is 320 g/mol. The molecule has 0 amide bonds. The number of H-pyrrole nitrogens is 1. The Morgan fingerprint density at radius 2 is 2.35 bits per heavy atom. The molecule has 0 bridgehead atoms. The van der Waals surface area contributed by atoms with E-state index in [2.05, 4.69) is 20.9 Å². The van der Waals surface area contributed by atoms with E-state index < -0.39 is 35.6 Å². The maximum absolute atomic E-state index is 11.8. The van der Waals surface area contributed by atoms with Crippen LogP contribution in [0.25, 0.3) is 11.2 Å². The van der Waals surface area contributed by atoms with Crippen LogP contribution in [0.4, 0.5) is 5.95 Å². The van der Waals surface area contributed by atoms with Gasteiger partial charge in [-0.05, 0) is 6.92 Å². The van der Waals surface area contributed by atoms with Crippen molar-refractivity contribution in [2.45, 2.75) is 37.0 Å². The molecule has 122 valence electrons. The molecule has 0 saturated carbocycles. The number of fused-ring (bicyclic) bond motifs is 1. The average Bonchev–Trinajstić information content (AvgIpc) is 3.00. The summed E-state index contributed by atoms with van der Waals surface area (Å²) < 4.78 is 6.96. The topological polar surface area (TPSA) is 165 Å². The van der Waals surface area contributed by atoms with E-state index in [0.717, 1.165) is 0 Å². The number of aromatic nitrogens is 4. The van der Waals surface area contributed by atoms with Crippen molar-refractivity contribution < 1.29 is 14.9 Å². The lowest BCUT2D eigenvalue weighted by molar-refractivity contribution is -0.0756. The fraction of sp³-hybridized carbons (Fsp3) is 0.462. The fourth-order valence-electron chi connectivity index (χ4n) is 2.70. The Bertz CT molecular complexity index is 852. The number of ether oxygens (including phenoxy) is 1. The summed E-state index contributed by atoms with van der Waals surface area (Å²) in [5, 5.41) is 20.1. The van der Waals surface area contributed by atoms with Crippen LogP contribution >= 0.6 is 0 Å². The first-order valence-electron chi connectivity index (χ1n) is 6.80. The summed E-state index contributed by atoms with van der Waals surface area (Å²) in [6.07, 6.45) is 2.33. The Morgan fingerprint density at radius 3 is 2.96 bits per heavy atom. The third-order valence-electron chi connectivity index (χ3n) is 3.92. The van der Waals surface area contributed by atoms with Crippen molar-refractivity contribution in [1.82, 2.24) is 19.5 Å². The first kappa shape index (κ1) is 15.4. The van der Waals surface area contributed by atoms with Crippen molar-refractivity contribution in [3.63, 3.8) is 0 Å². The zero-order valence-electron chi connectivity index (χ0n) is 12.2. The van der Waals surface area contributed by atoms with Crippen molar-refractivity contribution in [2.24, 2.45) is 5.73 Å². The molecule has 1 aliphatic heterocycles. The van der Waals surface area contributed by atoms with Gasteiger partial charge >= 0.3 is 0 Å². The normalized spacial score (nSPS) is 32.0. The maximum atomic E-state index is 11.8. The second-order valence-electron chi connectivity index (χ2n) is 5.49. The molecule has 0 spiro atoms. The molecule has 0 radical (unpaired) electrons. The van der Waals surface area contributed by atoms with Gasteiger partial charge in [-0.15, -0.1) is 6.42 Å². The molecule has 10 nitrogen and oxygen atoms in total. The van der Waals surface area contributed by atoms with Crippen LogP contribution < -0.4 is 17.0 Å². The maximum Gasteiger partial charge on any atom is 0.280 e. The van der Waals surface area contributed by atoms with Gasteiger partial charge in [0.05, 0.1) is 12.4 Å². The number of hydrogen-bond donors (Lipinski definition) is 5. The number of anilines is 1. The number of aromatic amines is 1. The predicted molar refractivity (Wildman–Crippen MR) is 79.9 cm³/mol. The van der Waals surface area contributed by atoms with Crippen molar-refractivity contribution in [3.05, 3.63) is 16.7 Å². The van der Waals surface area contributed by atoms with Gasteiger partial charge in [0.25, 0.3) is 5.56 Å². The van der Waals surface area contributed by atoms with Gasteiger partial charge in [0.15, 0.2) is 22.9 Å². The summed E-state index contributed by atoms with van der Waals surface area (Å²) in [7, 11) is 0. The highest BCUT2D eigenvalue weighted by Gasteiger charge is 2.55. The zero-order chi connectivity index (χ0) is 16.9. The Balaban J connectivity index is 2.18. The smallest absolute Gasteiger partial charge is 0.280 e. The van der Waals surface area contributed by atoms with Crippen molar-refractivity contribution >= 4 is 17.1 Å². The molecule has 23 heavy (non-hydrogen) atoms. The summed E-state index contributed by atoms with van der Waals surface area (Å²) >= 11 is 0. The van der Waals surface area contributed by atoms with E-state index in [0.29, 0.717) is 0 Å². The highest BCUT2D eigenvalue weighted by Crippen LogP contribution is 2.38. The van der Waals surface area contributed by atoms with Gasteiger partial charge < -0.3 is 26.4 Å². The van der Waals surface area contributed by atoms with Crippen molar-refractivity contribution in [2.75, 3.05) is 5.73 Å². The zero-order valence-corrected chi connectivity index (χ0v) is 12.2. The minimum absolute atomic E-state index is 0.0251. The quantitative estimate of drug-likeness (QED) is 0.384. The standard InChI is InChI=1S/C13H16N6O4/c1-3-13(15)8(21)7(5(2)20)23-11(13)19-4-16-6-9(19)17-12(14)18-10(6)22/h1,4-5,7-8,11,20-21H,15H2,2H3,(H3,14,17,18,22)/t5-,7-,8?,11-,13-/m1/s1. The van der Waals surface area contributed by atoms with Crippen LogP contribution in [0.3, 0.4) is 0 Å². The number of nitrogens with one attached hydrogen (secondary N) is 1. The highest BCUT2D eigenvalue weighted by atomic mass is 16.5. The van der Waals surface area contributed by atoms with Crippen LogP contribution in [-0.4, -0.2) is 53.6 Å². The van der Waals surface area contributed by atoms with Crippen LogP contribution in [0.2, 0.25) is 0 Å². The first-order valence-corrected chi connectivity index (χ1v) is 6.80. The molecule has 10 heteroatoms. The minimum Gasteiger partial charge on any atom is -0.391 e. The number of aliphatic hydroxyl groups excluding tert-OH is 2. The first-order chi connectivity index (χ1) is 10.8. The van der Waals surface area contributed by atoms with Crippen molar-refractivity contribution in [1.29, 1.82) is 0 Å². The van der Waals surface area contributed by atoms with Crippen LogP contribution in [-0.2, 0) is 4.74 Å². The predicted octanol–water partition coefficient (Wildman–Crippen LogP) is -2.33. The molecule has 1 aliphatic rings. The second kappa shape index (κ2) is 5.04. The van der Waals surface area contributed by atoms with E-state index in [9.17, 15) is 15.0 Å². The van der Waals surface area contributed by atoms with Gasteiger partial charge in [0.1, 0.15) is 12.2 Å². The summed E-state index contributed by atoms with van der Waals surface area (Å²) in [5.41, 5.74) is 9.63. The third-order valence-corrected chi connectivity index (χ3v) is 3.92. The monoisotopic (exact) mass is 320 g/mol. The summed E-state index contributed by atoms with van der Waals surface area (Å²) in [5.74, 6) is 2.19. The number of terminal acetylenes is 1. The molecule has 1 saturated heterocycles. The number of hydrogen-bond acceptors (Lipinski definition) is 8. The largest absolute Gasteiger partial charge is 0.391 e. The van der Waals surface area contributed by atoms with E-state index in [4.69, 9.17) is 22.6 Å². The van der Waals surface area contributed by atoms with Crippen molar-refractivity contribution in [3.8, 4) is 12.3 Å². The van der Waals surface area contributed by atoms with Gasteiger partial charge in [0, 0.05) is 0 Å². The Hall–Kier alpha value is -2.45. The SMILES string of the molecule is C#C[C@@]1(N)C(O)[C@@H]([C@@H](C)O)O[C@H]1n1cnc2c(=O)[nH]c(N)nc21. The molecule has 0 aliphatic carbocycles. The minimum atomic E-state index is -1.64. The van der Waals surface area contributed by atoms with Gasteiger partial charge in [0.2, 0.25) is 5.95 Å². The molecule has 2 aromatic rings. The molecule has 0 aromatic carbocycles. The van der Waals surface area contributed by atoms with E-state index in [1.54, 1.807) is 0 Å². The number of nitrogens with zero attached hydrogens (tertiary/aromatic N) is 3. The van der Waals surface area contributed by atoms with E-state index in [1.807, 2.05) is 0 Å². The Morgan fingerprint density at radius 1 is 1.65 bits per heavy atom. The summed E-state index contributed by atoms with van der Waals surface area (Å²) in [4.78, 5) is 22.1. The molecule has 7 N–H and O–H groups in total. The van der Waals surface area contributed by atoms with Crippen LogP contribution in [0, 0.1) is 12.3 Å². The van der Waals surface area contributed by atoms with Gasteiger partial charge in [-0.2, -0.15) is 4.98 Å². The lowest BCUT2D eigenvalue weighted by Gasteiger charge is -2.27. The second-order valence-corrected chi connectivity index (χ2v) is 5.49. The lowest BCUT2D eigenvalue weighted by atomic mass is 9.90. The van der Waals surface area contributed by atoms with E-state index in [-0.39, 0.29) is 17.1 Å². The number of rotatable bonds is 2. The van der Waals surface area contributed by atoms with Gasteiger partial charge in [-0.25, -0.2) is 4.98 Å². The van der Waals surface area contributed by atoms with Crippen LogP contribution in [0.15, 0.2) is 11.1 Å². The number of aliphatic hydroxyl groups is 2. The molecule has 3 rings (SSSR count). The van der Waals surface area contributed by atoms with Gasteiger partial charge in [-0.1, -0.05) is 5.92 Å². The number of nitrogen functional groups attached to an aromatic ring is 1. The van der Waals surface area contributed by atoms with Crippen LogP contribution in [0.1, 0.15) is 13.2 Å². The Kier molecular flexibility index (Phi) is 3.38. The molecular weight excluding hydrogens is 304 g/mol. The fourth-order valence-corrected chi connectivity index (χ4v) is 2.70. The highest BCUT2D eigenvalue weighted by molar-refractivity contribution is 5.70. The number of imidazole rings is 1. The van der Waals surface area contributed by atoms with E-state index in [1.165, 1.54) is 17.8 Å².